The number of thiophene rings is 1. The Morgan fingerprint density at radius 2 is 2.00 bits per heavy atom. The minimum Gasteiger partial charge on any atom is -0.398 e. The molecule has 0 radical (unpaired) electrons. The molecule has 4 rings (SSSR count). The number of aromatic nitrogens is 3. The fraction of sp³-hybridized carbons (Fsp3) is 0.167. The second-order valence-electron chi connectivity index (χ2n) is 6.15. The van der Waals surface area contributed by atoms with E-state index < -0.39 is 0 Å². The molecule has 0 saturated carbocycles. The number of anilines is 2. The van der Waals surface area contributed by atoms with Gasteiger partial charge in [-0.05, 0) is 30.7 Å². The molecule has 4 aromatic rings. The number of nitrogens with two attached hydrogens (primary N) is 1. The molecule has 0 atom stereocenters. The van der Waals surface area contributed by atoms with Crippen LogP contribution in [-0.2, 0) is 0 Å². The highest BCUT2D eigenvalue weighted by molar-refractivity contribution is 7.25. The van der Waals surface area contributed by atoms with Gasteiger partial charge in [0.2, 0.25) is 0 Å². The van der Waals surface area contributed by atoms with Crippen molar-refractivity contribution in [2.75, 3.05) is 24.7 Å². The predicted octanol–water partition coefficient (Wildman–Crippen LogP) is 2.95. The molecule has 0 unspecified atom stereocenters. The lowest BCUT2D eigenvalue weighted by Gasteiger charge is -2.13. The molecule has 3 heterocycles. The summed E-state index contributed by atoms with van der Waals surface area (Å²) in [6, 6.07) is 7.50. The molecule has 0 saturated heterocycles. The Morgan fingerprint density at radius 1 is 1.20 bits per heavy atom. The van der Waals surface area contributed by atoms with E-state index in [4.69, 9.17) is 5.73 Å². The zero-order chi connectivity index (χ0) is 17.7. The van der Waals surface area contributed by atoms with Crippen molar-refractivity contribution >= 4 is 43.1 Å². The smallest absolute Gasteiger partial charge is 0.275 e. The Bertz CT molecular complexity index is 1180. The van der Waals surface area contributed by atoms with Crippen molar-refractivity contribution in [2.24, 2.45) is 0 Å². The third-order valence-corrected chi connectivity index (χ3v) is 5.36. The van der Waals surface area contributed by atoms with E-state index in [1.165, 1.54) is 15.9 Å². The Morgan fingerprint density at radius 3 is 2.72 bits per heavy atom. The summed E-state index contributed by atoms with van der Waals surface area (Å²) in [4.78, 5) is 24.8. The van der Waals surface area contributed by atoms with Gasteiger partial charge in [0.25, 0.3) is 5.56 Å². The molecule has 126 valence electrons. The van der Waals surface area contributed by atoms with E-state index in [1.54, 1.807) is 18.6 Å². The molecule has 3 aromatic heterocycles. The topological polar surface area (TPSA) is 77.0 Å². The van der Waals surface area contributed by atoms with Gasteiger partial charge in [0.05, 0.1) is 22.3 Å². The second kappa shape index (κ2) is 5.56. The number of rotatable bonds is 2. The first-order valence-corrected chi connectivity index (χ1v) is 8.61. The first-order chi connectivity index (χ1) is 12.0. The molecule has 0 bridgehead atoms. The van der Waals surface area contributed by atoms with E-state index in [9.17, 15) is 4.79 Å². The summed E-state index contributed by atoms with van der Waals surface area (Å²) >= 11 is 1.37. The van der Waals surface area contributed by atoms with Gasteiger partial charge in [-0.15, -0.1) is 11.3 Å². The summed E-state index contributed by atoms with van der Waals surface area (Å²) in [6.45, 7) is 1.93. The maximum absolute atomic E-state index is 13.0. The molecule has 0 spiro atoms. The average Bonchev–Trinajstić information content (AvgIpc) is 2.97. The minimum atomic E-state index is -0.110. The number of hydrogen-bond donors (Lipinski definition) is 1. The summed E-state index contributed by atoms with van der Waals surface area (Å²) in [7, 11) is 3.93. The van der Waals surface area contributed by atoms with E-state index in [1.807, 2.05) is 44.1 Å². The highest BCUT2D eigenvalue weighted by atomic mass is 32.1. The van der Waals surface area contributed by atoms with Crippen molar-refractivity contribution in [2.45, 2.75) is 6.92 Å². The molecular formula is C18H17N5OS. The Hall–Kier alpha value is -2.93. The molecule has 0 aliphatic rings. The standard InChI is InChI=1S/C18H17N5OS/c1-10-4-5-11(8-12(10)19)23-9-21-15-14-13(22(2)3)6-7-20-17(14)25-16(15)18(23)24/h4-9H,19H2,1-3H3. The quantitative estimate of drug-likeness (QED) is 0.562. The third-order valence-electron chi connectivity index (χ3n) is 4.28. The molecular weight excluding hydrogens is 334 g/mol. The summed E-state index contributed by atoms with van der Waals surface area (Å²) < 4.78 is 2.13. The minimum absolute atomic E-state index is 0.110. The molecule has 2 N–H and O–H groups in total. The molecule has 0 aliphatic heterocycles. The normalized spacial score (nSPS) is 11.3. The lowest BCUT2D eigenvalue weighted by atomic mass is 10.2. The average molecular weight is 351 g/mol. The summed E-state index contributed by atoms with van der Waals surface area (Å²) in [5.41, 5.74) is 9.91. The van der Waals surface area contributed by atoms with Gasteiger partial charge in [-0.25, -0.2) is 9.97 Å². The van der Waals surface area contributed by atoms with Crippen LogP contribution in [0.15, 0.2) is 41.6 Å². The van der Waals surface area contributed by atoms with Crippen molar-refractivity contribution in [3.63, 3.8) is 0 Å². The van der Waals surface area contributed by atoms with Gasteiger partial charge in [0.1, 0.15) is 15.9 Å². The van der Waals surface area contributed by atoms with Gasteiger partial charge in [-0.2, -0.15) is 0 Å². The van der Waals surface area contributed by atoms with Crippen LogP contribution in [-0.4, -0.2) is 28.6 Å². The molecule has 7 heteroatoms. The summed E-state index contributed by atoms with van der Waals surface area (Å²) in [5.74, 6) is 0. The number of nitrogen functional groups attached to an aromatic ring is 1. The predicted molar refractivity (Wildman–Crippen MR) is 104 cm³/mol. The van der Waals surface area contributed by atoms with Crippen molar-refractivity contribution in [3.05, 3.63) is 52.7 Å². The van der Waals surface area contributed by atoms with Gasteiger partial charge in [-0.3, -0.25) is 9.36 Å². The third kappa shape index (κ3) is 2.35. The Balaban J connectivity index is 2.03. The fourth-order valence-corrected chi connectivity index (χ4v) is 3.92. The highest BCUT2D eigenvalue weighted by Gasteiger charge is 2.17. The van der Waals surface area contributed by atoms with Crippen LogP contribution in [0.5, 0.6) is 0 Å². The SMILES string of the molecule is Cc1ccc(-n2cnc3c(sc4nccc(N(C)C)c43)c2=O)cc1N. The van der Waals surface area contributed by atoms with Crippen molar-refractivity contribution in [1.29, 1.82) is 0 Å². The molecule has 1 aromatic carbocycles. The largest absolute Gasteiger partial charge is 0.398 e. The van der Waals surface area contributed by atoms with Crippen LogP contribution in [0.25, 0.3) is 26.1 Å². The number of fused-ring (bicyclic) bond motifs is 3. The summed E-state index contributed by atoms with van der Waals surface area (Å²) in [6.07, 6.45) is 3.32. The first-order valence-electron chi connectivity index (χ1n) is 7.80. The first kappa shape index (κ1) is 15.6. The Kier molecular flexibility index (Phi) is 3.47. The Labute approximate surface area is 148 Å². The van der Waals surface area contributed by atoms with Crippen molar-refractivity contribution in [3.8, 4) is 5.69 Å². The van der Waals surface area contributed by atoms with Gasteiger partial charge in [0, 0.05) is 26.0 Å². The van der Waals surface area contributed by atoms with Crippen LogP contribution in [0, 0.1) is 6.92 Å². The van der Waals surface area contributed by atoms with E-state index in [0.29, 0.717) is 21.6 Å². The number of nitrogens with zero attached hydrogens (tertiary/aromatic N) is 4. The lowest BCUT2D eigenvalue weighted by Crippen LogP contribution is -2.18. The molecule has 25 heavy (non-hydrogen) atoms. The van der Waals surface area contributed by atoms with Gasteiger partial charge in [-0.1, -0.05) is 6.07 Å². The molecule has 6 nitrogen and oxygen atoms in total. The van der Waals surface area contributed by atoms with Crippen LogP contribution in [0.3, 0.4) is 0 Å². The van der Waals surface area contributed by atoms with Crippen LogP contribution in [0.2, 0.25) is 0 Å². The van der Waals surface area contributed by atoms with E-state index in [-0.39, 0.29) is 5.56 Å². The lowest BCUT2D eigenvalue weighted by molar-refractivity contribution is 0.967. The van der Waals surface area contributed by atoms with E-state index in [2.05, 4.69) is 9.97 Å². The zero-order valence-corrected chi connectivity index (χ0v) is 15.0. The number of aryl methyl sites for hydroxylation is 1. The van der Waals surface area contributed by atoms with Gasteiger partial charge in [0.15, 0.2) is 0 Å². The molecule has 0 fully saturated rings. The van der Waals surface area contributed by atoms with E-state index in [0.717, 1.165) is 21.5 Å². The summed E-state index contributed by atoms with van der Waals surface area (Å²) in [5, 5.41) is 0.917. The maximum Gasteiger partial charge on any atom is 0.275 e. The number of hydrogen-bond acceptors (Lipinski definition) is 6. The van der Waals surface area contributed by atoms with Crippen molar-refractivity contribution < 1.29 is 0 Å². The van der Waals surface area contributed by atoms with Crippen LogP contribution in [0.1, 0.15) is 5.56 Å². The van der Waals surface area contributed by atoms with Crippen LogP contribution in [0.4, 0.5) is 11.4 Å². The molecule has 0 amide bonds. The number of pyridine rings is 1. The van der Waals surface area contributed by atoms with E-state index >= 15 is 0 Å². The highest BCUT2D eigenvalue weighted by Crippen LogP contribution is 2.35. The molecule has 0 aliphatic carbocycles. The van der Waals surface area contributed by atoms with Gasteiger partial charge < -0.3 is 10.6 Å². The van der Waals surface area contributed by atoms with Crippen LogP contribution >= 0.6 is 11.3 Å². The maximum atomic E-state index is 13.0. The van der Waals surface area contributed by atoms with Crippen LogP contribution < -0.4 is 16.2 Å². The fourth-order valence-electron chi connectivity index (χ4n) is 2.87. The number of benzene rings is 1. The zero-order valence-electron chi connectivity index (χ0n) is 14.1. The monoisotopic (exact) mass is 351 g/mol. The second-order valence-corrected chi connectivity index (χ2v) is 7.14. The van der Waals surface area contributed by atoms with Crippen molar-refractivity contribution in [1.82, 2.24) is 14.5 Å². The van der Waals surface area contributed by atoms with Gasteiger partial charge >= 0.3 is 0 Å².